The van der Waals surface area contributed by atoms with Gasteiger partial charge in [-0.15, -0.1) is 8.69 Å². The first-order chi connectivity index (χ1) is 4.27. The minimum atomic E-state index is -4.63. The Balaban J connectivity index is 4.32. The van der Waals surface area contributed by atoms with Gasteiger partial charge >= 0.3 is 7.83 Å². The van der Waals surface area contributed by atoms with Crippen molar-refractivity contribution in [3.8, 4) is 0 Å². The molecule has 0 heterocycles. The van der Waals surface area contributed by atoms with Crippen molar-refractivity contribution < 1.29 is 21.7 Å². The standard InChI is InChI=1S/C2H7FNO4PS/c1-8-9(3,5)4-10(2,6)7/h1-2H3,(H,4,5). The minimum Gasteiger partial charge on any atom is -0.296 e. The van der Waals surface area contributed by atoms with Gasteiger partial charge in [-0.2, -0.15) is 0 Å². The van der Waals surface area contributed by atoms with E-state index in [0.717, 1.165) is 7.11 Å². The van der Waals surface area contributed by atoms with Crippen molar-refractivity contribution >= 4 is 17.9 Å². The third kappa shape index (κ3) is 4.87. The SMILES string of the molecule is COP(=O)(F)NS(C)(=O)=O. The Bertz CT molecular complexity index is 248. The highest BCUT2D eigenvalue weighted by atomic mass is 32.2. The summed E-state index contributed by atoms with van der Waals surface area (Å²) in [6.45, 7) is 0. The van der Waals surface area contributed by atoms with E-state index in [2.05, 4.69) is 4.52 Å². The normalized spacial score (nSPS) is 18.3. The molecule has 1 atom stereocenters. The summed E-state index contributed by atoms with van der Waals surface area (Å²) in [6.07, 6.45) is 0.679. The molecule has 0 radical (unpaired) electrons. The lowest BCUT2D eigenvalue weighted by atomic mass is 11.8. The fraction of sp³-hybridized carbons (Fsp3) is 1.00. The summed E-state index contributed by atoms with van der Waals surface area (Å²) in [5.74, 6) is 0. The zero-order chi connectivity index (χ0) is 8.41. The van der Waals surface area contributed by atoms with Crippen LogP contribution in [0.3, 0.4) is 0 Å². The molecule has 0 rings (SSSR count). The Morgan fingerprint density at radius 2 is 2.00 bits per heavy atom. The summed E-state index contributed by atoms with van der Waals surface area (Å²) in [6, 6.07) is 0. The van der Waals surface area contributed by atoms with Crippen LogP contribution in [0.2, 0.25) is 0 Å². The molecule has 0 aliphatic rings. The number of rotatable bonds is 3. The van der Waals surface area contributed by atoms with Gasteiger partial charge in [0.05, 0.1) is 6.26 Å². The van der Waals surface area contributed by atoms with Gasteiger partial charge in [-0.05, 0) is 0 Å². The van der Waals surface area contributed by atoms with Gasteiger partial charge in [0.15, 0.2) is 0 Å². The van der Waals surface area contributed by atoms with E-state index >= 15 is 0 Å². The van der Waals surface area contributed by atoms with Crippen LogP contribution in [0.15, 0.2) is 0 Å². The van der Waals surface area contributed by atoms with Crippen molar-refractivity contribution in [2.75, 3.05) is 13.4 Å². The van der Waals surface area contributed by atoms with Crippen molar-refractivity contribution in [1.82, 2.24) is 4.49 Å². The molecule has 0 aromatic rings. The van der Waals surface area contributed by atoms with Gasteiger partial charge in [0.25, 0.3) is 0 Å². The molecule has 0 aliphatic carbocycles. The molecule has 0 bridgehead atoms. The first kappa shape index (κ1) is 10.0. The Kier molecular flexibility index (Phi) is 2.97. The summed E-state index contributed by atoms with van der Waals surface area (Å²) >= 11 is 0. The Hall–Kier alpha value is 0.0300. The monoisotopic (exact) mass is 191 g/mol. The zero-order valence-electron chi connectivity index (χ0n) is 5.37. The minimum absolute atomic E-state index is 0.679. The summed E-state index contributed by atoms with van der Waals surface area (Å²) in [7, 11) is -7.64. The van der Waals surface area contributed by atoms with Gasteiger partial charge in [-0.1, -0.05) is 0 Å². The Morgan fingerprint density at radius 1 is 1.60 bits per heavy atom. The molecule has 10 heavy (non-hydrogen) atoms. The highest BCUT2D eigenvalue weighted by Crippen LogP contribution is 2.43. The zero-order valence-corrected chi connectivity index (χ0v) is 7.08. The molecule has 0 saturated heterocycles. The summed E-state index contributed by atoms with van der Waals surface area (Å²) in [4.78, 5) is 0. The molecule has 1 N–H and O–H groups in total. The van der Waals surface area contributed by atoms with E-state index in [1.165, 1.54) is 4.49 Å². The van der Waals surface area contributed by atoms with Crippen molar-refractivity contribution in [2.45, 2.75) is 0 Å². The van der Waals surface area contributed by atoms with Gasteiger partial charge < -0.3 is 0 Å². The number of hydrogen-bond acceptors (Lipinski definition) is 4. The molecule has 0 aromatic heterocycles. The maximum Gasteiger partial charge on any atom is 0.455 e. The molecule has 0 amide bonds. The number of sulfonamides is 1. The van der Waals surface area contributed by atoms with Crippen LogP contribution < -0.4 is 4.49 Å². The van der Waals surface area contributed by atoms with Crippen LogP contribution in [0.4, 0.5) is 4.20 Å². The molecule has 0 fully saturated rings. The van der Waals surface area contributed by atoms with Crippen molar-refractivity contribution in [3.63, 3.8) is 0 Å². The largest absolute Gasteiger partial charge is 0.455 e. The molecule has 0 aliphatic heterocycles. The van der Waals surface area contributed by atoms with Crippen molar-refractivity contribution in [1.29, 1.82) is 0 Å². The summed E-state index contributed by atoms with van der Waals surface area (Å²) < 4.78 is 47.7. The van der Waals surface area contributed by atoms with Crippen LogP contribution in [0.1, 0.15) is 0 Å². The fourth-order valence-corrected chi connectivity index (χ4v) is 2.12. The molecule has 0 aromatic carbocycles. The van der Waals surface area contributed by atoms with E-state index in [1.807, 2.05) is 0 Å². The highest BCUT2D eigenvalue weighted by Gasteiger charge is 2.24. The molecular weight excluding hydrogens is 184 g/mol. The van der Waals surface area contributed by atoms with E-state index in [-0.39, 0.29) is 0 Å². The van der Waals surface area contributed by atoms with Gasteiger partial charge in [0.2, 0.25) is 10.0 Å². The fourth-order valence-electron chi connectivity index (χ4n) is 0.235. The molecule has 62 valence electrons. The van der Waals surface area contributed by atoms with Crippen LogP contribution in [-0.2, 0) is 19.1 Å². The Labute approximate surface area is 58.2 Å². The quantitative estimate of drug-likeness (QED) is 0.649. The van der Waals surface area contributed by atoms with Gasteiger partial charge in [-0.3, -0.25) is 4.52 Å². The first-order valence-electron chi connectivity index (χ1n) is 2.11. The number of nitrogens with one attached hydrogen (secondary N) is 1. The van der Waals surface area contributed by atoms with Crippen LogP contribution in [-0.4, -0.2) is 21.8 Å². The molecular formula is C2H7FNO4PS. The van der Waals surface area contributed by atoms with E-state index in [9.17, 15) is 17.2 Å². The van der Waals surface area contributed by atoms with Gasteiger partial charge in [0, 0.05) is 7.11 Å². The summed E-state index contributed by atoms with van der Waals surface area (Å²) in [5, 5.41) is 0. The molecule has 8 heteroatoms. The van der Waals surface area contributed by atoms with E-state index in [0.29, 0.717) is 6.26 Å². The predicted octanol–water partition coefficient (Wildman–Crippen LogP) is 0.260. The predicted molar refractivity (Wildman–Crippen MR) is 33.7 cm³/mol. The third-order valence-corrected chi connectivity index (χ3v) is 3.18. The highest BCUT2D eigenvalue weighted by molar-refractivity contribution is 7.94. The molecule has 1 unspecified atom stereocenters. The van der Waals surface area contributed by atoms with Crippen LogP contribution in [0.5, 0.6) is 0 Å². The molecule has 0 saturated carbocycles. The summed E-state index contributed by atoms with van der Waals surface area (Å²) in [5.41, 5.74) is 0. The second-order valence-electron chi connectivity index (χ2n) is 1.53. The lowest BCUT2D eigenvalue weighted by molar-refractivity contribution is 0.352. The smallest absolute Gasteiger partial charge is 0.296 e. The second kappa shape index (κ2) is 2.96. The lowest BCUT2D eigenvalue weighted by Crippen LogP contribution is -2.17. The maximum atomic E-state index is 12.2. The van der Waals surface area contributed by atoms with Gasteiger partial charge in [-0.25, -0.2) is 13.0 Å². The first-order valence-corrected chi connectivity index (χ1v) is 5.52. The van der Waals surface area contributed by atoms with E-state index in [1.54, 1.807) is 0 Å². The number of halogens is 1. The van der Waals surface area contributed by atoms with Crippen LogP contribution in [0.25, 0.3) is 0 Å². The number of hydrogen-bond donors (Lipinski definition) is 1. The topological polar surface area (TPSA) is 72.5 Å². The maximum absolute atomic E-state index is 12.2. The lowest BCUT2D eigenvalue weighted by Gasteiger charge is -2.04. The van der Waals surface area contributed by atoms with E-state index < -0.39 is 17.9 Å². The molecule has 5 nitrogen and oxygen atoms in total. The third-order valence-electron chi connectivity index (χ3n) is 0.510. The van der Waals surface area contributed by atoms with Crippen LogP contribution >= 0.6 is 7.83 Å². The second-order valence-corrected chi connectivity index (χ2v) is 5.12. The average Bonchev–Trinajstić information content (AvgIpc) is 1.60. The van der Waals surface area contributed by atoms with Crippen molar-refractivity contribution in [3.05, 3.63) is 0 Å². The van der Waals surface area contributed by atoms with Crippen LogP contribution in [0, 0.1) is 0 Å². The van der Waals surface area contributed by atoms with E-state index in [4.69, 9.17) is 0 Å². The van der Waals surface area contributed by atoms with Crippen molar-refractivity contribution in [2.24, 2.45) is 0 Å². The van der Waals surface area contributed by atoms with Gasteiger partial charge in [0.1, 0.15) is 0 Å². The molecule has 0 spiro atoms. The Morgan fingerprint density at radius 3 is 2.10 bits per heavy atom. The average molecular weight is 191 g/mol.